The number of carbonyl (C=O) groups is 1. The average molecular weight is 472 g/mol. The summed E-state index contributed by atoms with van der Waals surface area (Å²) < 4.78 is 33.5. The van der Waals surface area contributed by atoms with E-state index in [1.165, 1.54) is 40.5 Å². The lowest BCUT2D eigenvalue weighted by Gasteiger charge is -2.22. The van der Waals surface area contributed by atoms with Gasteiger partial charge in [-0.3, -0.25) is 19.2 Å². The SMILES string of the molecule is CS(=O)(=O)O[C@@H]1C[C@@H](c2nc(CCO)cs2)N(C(=O)OCc2ccc([N+](=O)[O-])cc2)C1. The monoisotopic (exact) mass is 471 g/mol. The fraction of sp³-hybridized carbons (Fsp3) is 0.444. The Kier molecular flexibility index (Phi) is 7.20. The van der Waals surface area contributed by atoms with Gasteiger partial charge in [0.2, 0.25) is 0 Å². The molecule has 0 radical (unpaired) electrons. The zero-order chi connectivity index (χ0) is 22.6. The van der Waals surface area contributed by atoms with Crippen LogP contribution in [0.25, 0.3) is 0 Å². The third kappa shape index (κ3) is 6.19. The number of thiazole rings is 1. The van der Waals surface area contributed by atoms with E-state index in [-0.39, 0.29) is 31.9 Å². The van der Waals surface area contributed by atoms with Crippen LogP contribution in [0, 0.1) is 10.1 Å². The Labute approximate surface area is 182 Å². The lowest BCUT2D eigenvalue weighted by molar-refractivity contribution is -0.384. The van der Waals surface area contributed by atoms with Gasteiger partial charge in [-0.1, -0.05) is 0 Å². The van der Waals surface area contributed by atoms with E-state index in [4.69, 9.17) is 14.0 Å². The fourth-order valence-corrected chi connectivity index (χ4v) is 4.81. The third-order valence-electron chi connectivity index (χ3n) is 4.54. The number of benzene rings is 1. The van der Waals surface area contributed by atoms with Crippen LogP contribution in [0.3, 0.4) is 0 Å². The van der Waals surface area contributed by atoms with Crippen molar-refractivity contribution in [3.05, 3.63) is 56.0 Å². The zero-order valence-electron chi connectivity index (χ0n) is 16.5. The highest BCUT2D eigenvalue weighted by atomic mass is 32.2. The highest BCUT2D eigenvalue weighted by Gasteiger charge is 2.40. The topological polar surface area (TPSA) is 149 Å². The predicted octanol–water partition coefficient (Wildman–Crippen LogP) is 2.01. The molecule has 0 unspecified atom stereocenters. The Bertz CT molecular complexity index is 1040. The number of ether oxygens (including phenoxy) is 1. The number of aromatic nitrogens is 1. The highest BCUT2D eigenvalue weighted by Crippen LogP contribution is 2.36. The number of aliphatic hydroxyl groups is 1. The van der Waals surface area contributed by atoms with Crippen LogP contribution in [-0.2, 0) is 32.1 Å². The van der Waals surface area contributed by atoms with Crippen molar-refractivity contribution in [2.75, 3.05) is 19.4 Å². The van der Waals surface area contributed by atoms with Gasteiger partial charge in [-0.2, -0.15) is 8.42 Å². The molecular weight excluding hydrogens is 450 g/mol. The van der Waals surface area contributed by atoms with Crippen molar-refractivity contribution in [2.24, 2.45) is 0 Å². The highest BCUT2D eigenvalue weighted by molar-refractivity contribution is 7.86. The normalized spacial score (nSPS) is 18.8. The molecule has 3 rings (SSSR count). The minimum Gasteiger partial charge on any atom is -0.445 e. The van der Waals surface area contributed by atoms with Crippen molar-refractivity contribution in [1.82, 2.24) is 9.88 Å². The smallest absolute Gasteiger partial charge is 0.410 e. The van der Waals surface area contributed by atoms with Gasteiger partial charge in [-0.05, 0) is 17.7 Å². The number of nitro benzene ring substituents is 1. The summed E-state index contributed by atoms with van der Waals surface area (Å²) in [6, 6.07) is 5.08. The number of likely N-dealkylation sites (tertiary alicyclic amines) is 1. The molecule has 1 aromatic heterocycles. The summed E-state index contributed by atoms with van der Waals surface area (Å²) in [5.74, 6) is 0. The van der Waals surface area contributed by atoms with E-state index in [0.29, 0.717) is 22.7 Å². The van der Waals surface area contributed by atoms with E-state index in [9.17, 15) is 23.3 Å². The molecule has 2 heterocycles. The van der Waals surface area contributed by atoms with Gasteiger partial charge >= 0.3 is 6.09 Å². The van der Waals surface area contributed by atoms with Crippen LogP contribution in [0.1, 0.15) is 28.7 Å². The Morgan fingerprint density at radius 3 is 2.71 bits per heavy atom. The minimum absolute atomic E-state index is 0.00570. The predicted molar refractivity (Wildman–Crippen MR) is 110 cm³/mol. The van der Waals surface area contributed by atoms with Gasteiger partial charge in [-0.15, -0.1) is 11.3 Å². The Morgan fingerprint density at radius 1 is 1.39 bits per heavy atom. The Morgan fingerprint density at radius 2 is 2.10 bits per heavy atom. The van der Waals surface area contributed by atoms with Crippen LogP contribution in [0.15, 0.2) is 29.6 Å². The maximum atomic E-state index is 12.7. The molecule has 13 heteroatoms. The van der Waals surface area contributed by atoms with E-state index < -0.39 is 33.3 Å². The van der Waals surface area contributed by atoms with Crippen LogP contribution in [0.5, 0.6) is 0 Å². The van der Waals surface area contributed by atoms with Crippen LogP contribution >= 0.6 is 11.3 Å². The molecule has 0 saturated carbocycles. The molecule has 1 N–H and O–H groups in total. The van der Waals surface area contributed by atoms with Crippen molar-refractivity contribution in [2.45, 2.75) is 31.6 Å². The number of hydrogen-bond donors (Lipinski definition) is 1. The summed E-state index contributed by atoms with van der Waals surface area (Å²) in [6.07, 6.45) is 0.127. The zero-order valence-corrected chi connectivity index (χ0v) is 18.2. The Hall–Kier alpha value is -2.61. The molecule has 0 aliphatic carbocycles. The van der Waals surface area contributed by atoms with E-state index in [0.717, 1.165) is 6.26 Å². The Balaban J connectivity index is 1.72. The van der Waals surface area contributed by atoms with Crippen LogP contribution in [0.4, 0.5) is 10.5 Å². The number of aliphatic hydroxyl groups excluding tert-OH is 1. The average Bonchev–Trinajstić information content (AvgIpc) is 3.32. The van der Waals surface area contributed by atoms with Crippen molar-refractivity contribution < 1.29 is 32.2 Å². The summed E-state index contributed by atoms with van der Waals surface area (Å²) in [4.78, 5) is 28.8. The van der Waals surface area contributed by atoms with E-state index >= 15 is 0 Å². The summed E-state index contributed by atoms with van der Waals surface area (Å²) in [5, 5.41) is 22.2. The number of hydrogen-bond acceptors (Lipinski definition) is 10. The van der Waals surface area contributed by atoms with Crippen molar-refractivity contribution in [1.29, 1.82) is 0 Å². The van der Waals surface area contributed by atoms with Gasteiger partial charge in [-0.25, -0.2) is 9.78 Å². The second-order valence-corrected chi connectivity index (χ2v) is 9.45. The summed E-state index contributed by atoms with van der Waals surface area (Å²) in [7, 11) is -3.72. The molecule has 0 spiro atoms. The van der Waals surface area contributed by atoms with Gasteiger partial charge in [0.25, 0.3) is 15.8 Å². The molecule has 168 valence electrons. The molecule has 1 saturated heterocycles. The quantitative estimate of drug-likeness (QED) is 0.346. The van der Waals surface area contributed by atoms with Gasteiger partial charge in [0.15, 0.2) is 0 Å². The first kappa shape index (κ1) is 23.1. The minimum atomic E-state index is -3.72. The largest absolute Gasteiger partial charge is 0.445 e. The molecule has 11 nitrogen and oxygen atoms in total. The summed E-state index contributed by atoms with van der Waals surface area (Å²) >= 11 is 1.31. The van der Waals surface area contributed by atoms with Gasteiger partial charge in [0, 0.05) is 37.0 Å². The van der Waals surface area contributed by atoms with Crippen molar-refractivity contribution in [3.8, 4) is 0 Å². The molecular formula is C18H21N3O8S2. The van der Waals surface area contributed by atoms with Gasteiger partial charge < -0.3 is 9.84 Å². The first-order chi connectivity index (χ1) is 14.7. The number of nitrogens with zero attached hydrogens (tertiary/aromatic N) is 3. The van der Waals surface area contributed by atoms with E-state index in [1.807, 2.05) is 0 Å². The molecule has 1 aromatic carbocycles. The molecule has 2 atom stereocenters. The number of carbonyl (C=O) groups excluding carboxylic acids is 1. The summed E-state index contributed by atoms with van der Waals surface area (Å²) in [5.41, 5.74) is 1.17. The lowest BCUT2D eigenvalue weighted by atomic mass is 10.2. The molecule has 1 amide bonds. The molecule has 1 fully saturated rings. The number of non-ortho nitro benzene ring substituents is 1. The maximum absolute atomic E-state index is 12.7. The van der Waals surface area contributed by atoms with E-state index in [1.54, 1.807) is 5.38 Å². The van der Waals surface area contributed by atoms with Crippen LogP contribution in [-0.4, -0.2) is 59.9 Å². The van der Waals surface area contributed by atoms with Gasteiger partial charge in [0.1, 0.15) is 11.6 Å². The number of amides is 1. The van der Waals surface area contributed by atoms with Crippen molar-refractivity contribution >= 4 is 33.2 Å². The molecule has 1 aliphatic rings. The molecule has 31 heavy (non-hydrogen) atoms. The molecule has 1 aliphatic heterocycles. The van der Waals surface area contributed by atoms with Crippen molar-refractivity contribution in [3.63, 3.8) is 0 Å². The molecule has 0 bridgehead atoms. The van der Waals surface area contributed by atoms with Gasteiger partial charge in [0.05, 0.1) is 35.6 Å². The maximum Gasteiger partial charge on any atom is 0.410 e. The molecule has 2 aromatic rings. The summed E-state index contributed by atoms with van der Waals surface area (Å²) in [6.45, 7) is -0.161. The first-order valence-electron chi connectivity index (χ1n) is 9.26. The van der Waals surface area contributed by atoms with E-state index in [2.05, 4.69) is 4.98 Å². The third-order valence-corrected chi connectivity index (χ3v) is 6.16. The number of nitro groups is 1. The second kappa shape index (κ2) is 9.68. The van der Waals surface area contributed by atoms with Crippen LogP contribution < -0.4 is 0 Å². The first-order valence-corrected chi connectivity index (χ1v) is 12.0. The lowest BCUT2D eigenvalue weighted by Crippen LogP contribution is -2.33. The fourth-order valence-electron chi connectivity index (χ4n) is 3.20. The number of rotatable bonds is 8. The standard InChI is InChI=1S/C18H21N3O8S2/c1-31(26,27)29-15-8-16(17-19-13(6-7-22)11-30-17)20(9-15)18(23)28-10-12-2-4-14(5-3-12)21(24)25/h2-5,11,15-16,22H,6-10H2,1H3/t15-,16+/m1/s1. The van der Waals surface area contributed by atoms with Crippen LogP contribution in [0.2, 0.25) is 0 Å². The second-order valence-electron chi connectivity index (χ2n) is 6.96.